The van der Waals surface area contributed by atoms with Gasteiger partial charge in [0, 0.05) is 18.5 Å². The van der Waals surface area contributed by atoms with E-state index in [1.54, 1.807) is 28.8 Å². The van der Waals surface area contributed by atoms with E-state index in [0.29, 0.717) is 28.6 Å². The van der Waals surface area contributed by atoms with Crippen LogP contribution in [0.2, 0.25) is 0 Å². The van der Waals surface area contributed by atoms with E-state index >= 15 is 0 Å². The molecular weight excluding hydrogens is 469 g/mol. The van der Waals surface area contributed by atoms with Gasteiger partial charge >= 0.3 is 6.18 Å². The highest BCUT2D eigenvalue weighted by Gasteiger charge is 2.39. The first-order chi connectivity index (χ1) is 17.2. The van der Waals surface area contributed by atoms with Crippen molar-refractivity contribution in [1.29, 1.82) is 0 Å². The van der Waals surface area contributed by atoms with Crippen molar-refractivity contribution in [3.8, 4) is 22.9 Å². The topological polar surface area (TPSA) is 56.5 Å². The van der Waals surface area contributed by atoms with Gasteiger partial charge in [-0.3, -0.25) is 0 Å². The zero-order valence-electron chi connectivity index (χ0n) is 20.7. The van der Waals surface area contributed by atoms with Crippen LogP contribution in [0.15, 0.2) is 54.6 Å². The van der Waals surface area contributed by atoms with E-state index in [1.165, 1.54) is 20.3 Å². The first-order valence-electron chi connectivity index (χ1n) is 11.7. The predicted molar refractivity (Wildman–Crippen MR) is 134 cm³/mol. The Morgan fingerprint density at radius 1 is 0.944 bits per heavy atom. The SMILES string of the molecule is COc1ccccc1Cc1cc(OC)c2c(nc(-c3ccc(C(C)C)cc3)n2CCO)c1C(F)(F)F. The Bertz CT molecular complexity index is 1360. The quantitative estimate of drug-likeness (QED) is 0.304. The van der Waals surface area contributed by atoms with Gasteiger partial charge in [0.15, 0.2) is 0 Å². The molecule has 0 aliphatic carbocycles. The van der Waals surface area contributed by atoms with Crippen LogP contribution in [0.1, 0.15) is 42.0 Å². The summed E-state index contributed by atoms with van der Waals surface area (Å²) in [5, 5.41) is 9.76. The molecule has 0 atom stereocenters. The number of rotatable bonds is 8. The molecule has 0 aliphatic heterocycles. The second kappa shape index (κ2) is 10.2. The monoisotopic (exact) mass is 498 g/mol. The second-order valence-corrected chi connectivity index (χ2v) is 8.88. The highest BCUT2D eigenvalue weighted by molar-refractivity contribution is 5.90. The Labute approximate surface area is 208 Å². The highest BCUT2D eigenvalue weighted by Crippen LogP contribution is 2.43. The average molecular weight is 499 g/mol. The van der Waals surface area contributed by atoms with Crippen LogP contribution in [-0.4, -0.2) is 35.5 Å². The fourth-order valence-corrected chi connectivity index (χ4v) is 4.55. The molecule has 0 radical (unpaired) electrons. The van der Waals surface area contributed by atoms with Gasteiger partial charge in [-0.2, -0.15) is 13.2 Å². The number of aliphatic hydroxyl groups is 1. The van der Waals surface area contributed by atoms with Crippen molar-refractivity contribution in [1.82, 2.24) is 9.55 Å². The molecule has 0 aliphatic rings. The number of hydrogen-bond acceptors (Lipinski definition) is 4. The molecule has 4 rings (SSSR count). The van der Waals surface area contributed by atoms with Crippen molar-refractivity contribution in [3.63, 3.8) is 0 Å². The van der Waals surface area contributed by atoms with E-state index in [-0.39, 0.29) is 41.9 Å². The molecule has 8 heteroatoms. The molecule has 3 aromatic carbocycles. The first-order valence-corrected chi connectivity index (χ1v) is 11.7. The number of ether oxygens (including phenoxy) is 2. The molecule has 1 aromatic heterocycles. The molecule has 0 spiro atoms. The molecule has 1 heterocycles. The maximum atomic E-state index is 14.6. The van der Waals surface area contributed by atoms with E-state index in [9.17, 15) is 18.3 Å². The molecule has 0 saturated heterocycles. The number of para-hydroxylation sites is 1. The number of benzene rings is 3. The van der Waals surface area contributed by atoms with Gasteiger partial charge in [-0.05, 0) is 34.7 Å². The molecule has 5 nitrogen and oxygen atoms in total. The summed E-state index contributed by atoms with van der Waals surface area (Å²) in [5.74, 6) is 1.41. The van der Waals surface area contributed by atoms with Crippen LogP contribution in [0.5, 0.6) is 11.5 Å². The third-order valence-corrected chi connectivity index (χ3v) is 6.30. The standard InChI is InChI=1S/C28H29F3N2O3/c1-17(2)18-9-11-19(12-10-18)27-32-25-24(28(29,30)31)21(15-20-7-5-6-8-22(20)35-3)16-23(36-4)26(25)33(27)13-14-34/h5-12,16-17,34H,13-15H2,1-4H3. The zero-order valence-corrected chi connectivity index (χ0v) is 20.7. The number of fused-ring (bicyclic) bond motifs is 1. The number of hydrogen-bond donors (Lipinski definition) is 1. The molecule has 4 aromatic rings. The molecule has 0 fully saturated rings. The van der Waals surface area contributed by atoms with Crippen LogP contribution in [0.4, 0.5) is 13.2 Å². The summed E-state index contributed by atoms with van der Waals surface area (Å²) in [4.78, 5) is 4.52. The summed E-state index contributed by atoms with van der Waals surface area (Å²) in [6.07, 6.45) is -4.69. The Kier molecular flexibility index (Phi) is 7.26. The van der Waals surface area contributed by atoms with Gasteiger partial charge in [0.05, 0.1) is 26.4 Å². The number of aliphatic hydroxyl groups excluding tert-OH is 1. The summed E-state index contributed by atoms with van der Waals surface area (Å²) >= 11 is 0. The summed E-state index contributed by atoms with van der Waals surface area (Å²) in [6, 6.07) is 16.0. The number of methoxy groups -OCH3 is 2. The van der Waals surface area contributed by atoms with Crippen LogP contribution in [0.25, 0.3) is 22.4 Å². The third-order valence-electron chi connectivity index (χ3n) is 6.30. The lowest BCUT2D eigenvalue weighted by Gasteiger charge is -2.18. The maximum Gasteiger partial charge on any atom is 0.418 e. The summed E-state index contributed by atoms with van der Waals surface area (Å²) in [6.45, 7) is 3.94. The van der Waals surface area contributed by atoms with Gasteiger partial charge in [0.25, 0.3) is 0 Å². The fourth-order valence-electron chi connectivity index (χ4n) is 4.55. The Balaban J connectivity index is 2.01. The highest BCUT2D eigenvalue weighted by atomic mass is 19.4. The molecule has 1 N–H and O–H groups in total. The van der Waals surface area contributed by atoms with E-state index in [4.69, 9.17) is 9.47 Å². The largest absolute Gasteiger partial charge is 0.496 e. The number of nitrogens with zero attached hydrogens (tertiary/aromatic N) is 2. The number of halogens is 3. The summed E-state index contributed by atoms with van der Waals surface area (Å²) < 4.78 is 56.3. The van der Waals surface area contributed by atoms with Gasteiger partial charge in [-0.15, -0.1) is 0 Å². The first kappa shape index (κ1) is 25.6. The molecule has 0 unspecified atom stereocenters. The van der Waals surface area contributed by atoms with Crippen molar-refractivity contribution >= 4 is 11.0 Å². The summed E-state index contributed by atoms with van der Waals surface area (Å²) in [7, 11) is 2.91. The molecular formula is C28H29F3N2O3. The minimum atomic E-state index is -4.67. The lowest BCUT2D eigenvalue weighted by molar-refractivity contribution is -0.137. The Morgan fingerprint density at radius 2 is 1.61 bits per heavy atom. The second-order valence-electron chi connectivity index (χ2n) is 8.88. The molecule has 36 heavy (non-hydrogen) atoms. The van der Waals surface area contributed by atoms with E-state index in [2.05, 4.69) is 18.8 Å². The van der Waals surface area contributed by atoms with Crippen LogP contribution < -0.4 is 9.47 Å². The fraction of sp³-hybridized carbons (Fsp3) is 0.321. The lowest BCUT2D eigenvalue weighted by atomic mass is 9.97. The number of alkyl halides is 3. The van der Waals surface area contributed by atoms with Gasteiger partial charge in [-0.25, -0.2) is 4.98 Å². The normalized spacial score (nSPS) is 11.9. The third kappa shape index (κ3) is 4.78. The van der Waals surface area contributed by atoms with E-state index in [1.807, 2.05) is 24.3 Å². The molecule has 0 amide bonds. The molecule has 190 valence electrons. The van der Waals surface area contributed by atoms with Crippen LogP contribution >= 0.6 is 0 Å². The minimum absolute atomic E-state index is 0.0174. The lowest BCUT2D eigenvalue weighted by Crippen LogP contribution is -2.12. The summed E-state index contributed by atoms with van der Waals surface area (Å²) in [5.41, 5.74) is 1.59. The van der Waals surface area contributed by atoms with E-state index < -0.39 is 11.7 Å². The maximum absolute atomic E-state index is 14.6. The van der Waals surface area contributed by atoms with Crippen LogP contribution in [0, 0.1) is 0 Å². The van der Waals surface area contributed by atoms with Crippen LogP contribution in [0.3, 0.4) is 0 Å². The average Bonchev–Trinajstić information content (AvgIpc) is 3.22. The van der Waals surface area contributed by atoms with Gasteiger partial charge < -0.3 is 19.1 Å². The molecule has 0 bridgehead atoms. The predicted octanol–water partition coefficient (Wildman–Crippen LogP) is 6.45. The van der Waals surface area contributed by atoms with Crippen molar-refractivity contribution in [3.05, 3.63) is 76.9 Å². The minimum Gasteiger partial charge on any atom is -0.496 e. The van der Waals surface area contributed by atoms with Crippen LogP contribution in [-0.2, 0) is 19.1 Å². The smallest absolute Gasteiger partial charge is 0.418 e. The van der Waals surface area contributed by atoms with Crippen molar-refractivity contribution in [2.45, 2.75) is 38.9 Å². The zero-order chi connectivity index (χ0) is 26.0. The number of aromatic nitrogens is 2. The van der Waals surface area contributed by atoms with Crippen molar-refractivity contribution in [2.75, 3.05) is 20.8 Å². The van der Waals surface area contributed by atoms with Gasteiger partial charge in [0.1, 0.15) is 28.4 Å². The number of imidazole rings is 1. The van der Waals surface area contributed by atoms with E-state index in [0.717, 1.165) is 5.56 Å². The Hall–Kier alpha value is -3.52. The van der Waals surface area contributed by atoms with Gasteiger partial charge in [0.2, 0.25) is 0 Å². The van der Waals surface area contributed by atoms with Crippen molar-refractivity contribution in [2.24, 2.45) is 0 Å². The Morgan fingerprint density at radius 3 is 2.19 bits per heavy atom. The molecule has 0 saturated carbocycles. The van der Waals surface area contributed by atoms with Gasteiger partial charge in [-0.1, -0.05) is 56.3 Å². The van der Waals surface area contributed by atoms with Crippen molar-refractivity contribution < 1.29 is 27.8 Å².